The van der Waals surface area contributed by atoms with Crippen molar-refractivity contribution in [1.82, 2.24) is 4.90 Å². The summed E-state index contributed by atoms with van der Waals surface area (Å²) >= 11 is 0. The Kier molecular flexibility index (Phi) is 5.63. The summed E-state index contributed by atoms with van der Waals surface area (Å²) in [5.74, 6) is 0. The van der Waals surface area contributed by atoms with Crippen LogP contribution in [0.4, 0.5) is 0 Å². The van der Waals surface area contributed by atoms with Crippen molar-refractivity contribution in [3.63, 3.8) is 0 Å². The maximum atomic E-state index is 10.4. The van der Waals surface area contributed by atoms with E-state index < -0.39 is 80.4 Å². The van der Waals surface area contributed by atoms with Crippen LogP contribution < -0.4 is 0 Å². The van der Waals surface area contributed by atoms with E-state index in [2.05, 4.69) is 0 Å². The molecule has 0 aliphatic carbocycles. The van der Waals surface area contributed by atoms with Crippen LogP contribution in [0.3, 0.4) is 0 Å². The van der Waals surface area contributed by atoms with Gasteiger partial charge < -0.3 is 50.3 Å². The van der Waals surface area contributed by atoms with E-state index in [1.807, 2.05) is 0 Å². The van der Waals surface area contributed by atoms with Crippen LogP contribution in [0.2, 0.25) is 0 Å². The molecule has 11 heteroatoms. The number of nitrogens with zero attached hydrogens (tertiary/aromatic N) is 1. The summed E-state index contributed by atoms with van der Waals surface area (Å²) in [6.07, 6.45) is -12.0. The van der Waals surface area contributed by atoms with Crippen molar-refractivity contribution in [3.8, 4) is 0 Å². The Balaban J connectivity index is 1.70. The molecule has 3 saturated heterocycles. The number of rotatable bonds is 4. The Bertz CT molecular complexity index is 467. The monoisotopic (exact) mass is 367 g/mol. The summed E-state index contributed by atoms with van der Waals surface area (Å²) in [6.45, 7) is -0.987. The lowest BCUT2D eigenvalue weighted by Gasteiger charge is -2.40. The van der Waals surface area contributed by atoms with E-state index in [-0.39, 0.29) is 6.54 Å². The minimum Gasteiger partial charge on any atom is -0.395 e. The van der Waals surface area contributed by atoms with Gasteiger partial charge in [0.2, 0.25) is 0 Å². The summed E-state index contributed by atoms with van der Waals surface area (Å²) in [6, 6.07) is -1.62. The molecule has 3 aliphatic rings. The first-order valence-electron chi connectivity index (χ1n) is 8.18. The number of fused-ring (bicyclic) bond motifs is 1. The van der Waals surface area contributed by atoms with Crippen LogP contribution in [-0.4, -0.2) is 133 Å². The number of ether oxygens (including phenoxy) is 2. The fourth-order valence-corrected chi connectivity index (χ4v) is 3.92. The Morgan fingerprint density at radius 2 is 1.48 bits per heavy atom. The highest BCUT2D eigenvalue weighted by atomic mass is 16.7. The summed E-state index contributed by atoms with van der Waals surface area (Å²) in [5.41, 5.74) is 0. The molecule has 25 heavy (non-hydrogen) atoms. The van der Waals surface area contributed by atoms with Gasteiger partial charge in [0, 0.05) is 6.54 Å². The zero-order chi connectivity index (χ0) is 18.5. The SMILES string of the molecule is OCC1O[C@@H](O[C@@H]2CN3[C@H]([C@H]2O)[C@@H](O)[C@H](O)[C@H]3CO)C(O)[C@@H](O)[C@@H]1O. The maximum Gasteiger partial charge on any atom is 0.187 e. The molecule has 2 unspecified atom stereocenters. The van der Waals surface area contributed by atoms with Crippen LogP contribution in [-0.2, 0) is 9.47 Å². The first kappa shape index (κ1) is 19.3. The van der Waals surface area contributed by atoms with Crippen molar-refractivity contribution in [3.05, 3.63) is 0 Å². The highest BCUT2D eigenvalue weighted by Gasteiger charge is 2.58. The van der Waals surface area contributed by atoms with Crippen LogP contribution in [0.1, 0.15) is 0 Å². The lowest BCUT2D eigenvalue weighted by Crippen LogP contribution is -2.60. The normalized spacial score (nSPS) is 54.0. The quantitative estimate of drug-likeness (QED) is 0.237. The Labute approximate surface area is 143 Å². The second kappa shape index (κ2) is 7.29. The molecule has 11 atom stereocenters. The van der Waals surface area contributed by atoms with Crippen molar-refractivity contribution >= 4 is 0 Å². The summed E-state index contributed by atoms with van der Waals surface area (Å²) in [4.78, 5) is 1.52. The standard InChI is InChI=1S/C14H25NO10/c16-2-4-8(18)11(21)7-9(19)5(1-15(4)7)24-14-13(23)12(22)10(20)6(3-17)25-14/h4-14,16-23H,1-3H2/t4-,5-,6?,7-,8-,9+,10-,11-,12+,13?,14-/m1/s1. The average Bonchev–Trinajstić information content (AvgIpc) is 3.03. The zero-order valence-electron chi connectivity index (χ0n) is 13.3. The predicted molar refractivity (Wildman–Crippen MR) is 78.0 cm³/mol. The highest BCUT2D eigenvalue weighted by molar-refractivity contribution is 5.10. The molecule has 3 aliphatic heterocycles. The Hall–Kier alpha value is -0.440. The van der Waals surface area contributed by atoms with Gasteiger partial charge in [-0.25, -0.2) is 0 Å². The van der Waals surface area contributed by atoms with Crippen LogP contribution in [0, 0.1) is 0 Å². The lowest BCUT2D eigenvalue weighted by atomic mass is 9.99. The molecule has 3 rings (SSSR count). The molecule has 0 aromatic rings. The van der Waals surface area contributed by atoms with E-state index in [4.69, 9.17) is 9.47 Å². The molecular formula is C14H25NO10. The molecule has 0 saturated carbocycles. The van der Waals surface area contributed by atoms with Gasteiger partial charge >= 0.3 is 0 Å². The first-order chi connectivity index (χ1) is 11.8. The van der Waals surface area contributed by atoms with Gasteiger partial charge in [-0.1, -0.05) is 0 Å². The number of hydrogen-bond acceptors (Lipinski definition) is 11. The molecule has 0 radical (unpaired) electrons. The Morgan fingerprint density at radius 3 is 2.08 bits per heavy atom. The van der Waals surface area contributed by atoms with Crippen molar-refractivity contribution in [2.24, 2.45) is 0 Å². The molecule has 3 heterocycles. The minimum absolute atomic E-state index is 0.0419. The van der Waals surface area contributed by atoms with Gasteiger partial charge in [0.1, 0.15) is 30.5 Å². The van der Waals surface area contributed by atoms with Gasteiger partial charge in [-0.05, 0) is 0 Å². The number of aliphatic hydroxyl groups is 8. The van der Waals surface area contributed by atoms with Crippen LogP contribution in [0.5, 0.6) is 0 Å². The van der Waals surface area contributed by atoms with Crippen molar-refractivity contribution in [2.75, 3.05) is 19.8 Å². The molecular weight excluding hydrogens is 342 g/mol. The van der Waals surface area contributed by atoms with E-state index >= 15 is 0 Å². The molecule has 8 N–H and O–H groups in total. The van der Waals surface area contributed by atoms with Gasteiger partial charge in [0.25, 0.3) is 0 Å². The molecule has 0 bridgehead atoms. The van der Waals surface area contributed by atoms with E-state index in [1.165, 1.54) is 4.90 Å². The number of hydrogen-bond donors (Lipinski definition) is 8. The topological polar surface area (TPSA) is 184 Å². The molecule has 3 fully saturated rings. The predicted octanol–water partition coefficient (Wildman–Crippen LogP) is -5.69. The van der Waals surface area contributed by atoms with Gasteiger partial charge in [0.15, 0.2) is 6.29 Å². The third kappa shape index (κ3) is 3.09. The lowest BCUT2D eigenvalue weighted by molar-refractivity contribution is -0.314. The molecule has 146 valence electrons. The van der Waals surface area contributed by atoms with Crippen molar-refractivity contribution in [2.45, 2.75) is 67.2 Å². The average molecular weight is 367 g/mol. The Morgan fingerprint density at radius 1 is 0.800 bits per heavy atom. The minimum atomic E-state index is -1.61. The zero-order valence-corrected chi connectivity index (χ0v) is 13.3. The smallest absolute Gasteiger partial charge is 0.187 e. The summed E-state index contributed by atoms with van der Waals surface area (Å²) in [7, 11) is 0. The molecule has 0 spiro atoms. The summed E-state index contributed by atoms with van der Waals surface area (Å²) in [5, 5.41) is 78.5. The molecule has 11 nitrogen and oxygen atoms in total. The van der Waals surface area contributed by atoms with Crippen LogP contribution in [0.15, 0.2) is 0 Å². The number of aliphatic hydroxyl groups excluding tert-OH is 8. The van der Waals surface area contributed by atoms with E-state index in [0.29, 0.717) is 0 Å². The van der Waals surface area contributed by atoms with Crippen LogP contribution >= 0.6 is 0 Å². The molecule has 0 amide bonds. The third-order valence-corrected chi connectivity index (χ3v) is 5.37. The molecule has 0 aromatic carbocycles. The van der Waals surface area contributed by atoms with Crippen molar-refractivity contribution < 1.29 is 50.3 Å². The van der Waals surface area contributed by atoms with Gasteiger partial charge in [0.05, 0.1) is 43.6 Å². The third-order valence-electron chi connectivity index (χ3n) is 5.37. The van der Waals surface area contributed by atoms with E-state index in [0.717, 1.165) is 0 Å². The largest absolute Gasteiger partial charge is 0.395 e. The highest BCUT2D eigenvalue weighted by Crippen LogP contribution is 2.36. The fraction of sp³-hybridized carbons (Fsp3) is 1.00. The van der Waals surface area contributed by atoms with Crippen LogP contribution in [0.25, 0.3) is 0 Å². The van der Waals surface area contributed by atoms with Gasteiger partial charge in [-0.3, -0.25) is 4.90 Å². The maximum absolute atomic E-state index is 10.4. The van der Waals surface area contributed by atoms with E-state index in [1.54, 1.807) is 0 Å². The second-order valence-electron chi connectivity index (χ2n) is 6.78. The first-order valence-corrected chi connectivity index (χ1v) is 8.18. The van der Waals surface area contributed by atoms with Gasteiger partial charge in [-0.15, -0.1) is 0 Å². The fourth-order valence-electron chi connectivity index (χ4n) is 3.92. The second-order valence-corrected chi connectivity index (χ2v) is 6.78. The van der Waals surface area contributed by atoms with Crippen molar-refractivity contribution in [1.29, 1.82) is 0 Å². The van der Waals surface area contributed by atoms with E-state index in [9.17, 15) is 40.9 Å². The molecule has 0 aromatic heterocycles. The summed E-state index contributed by atoms with van der Waals surface area (Å²) < 4.78 is 10.8. The van der Waals surface area contributed by atoms with Gasteiger partial charge in [-0.2, -0.15) is 0 Å².